The third kappa shape index (κ3) is 2.41. The van der Waals surface area contributed by atoms with Gasteiger partial charge in [-0.05, 0) is 48.6 Å². The second kappa shape index (κ2) is 5.92. The number of methoxy groups -OCH3 is 1. The van der Waals surface area contributed by atoms with E-state index in [1.54, 1.807) is 30.3 Å². The van der Waals surface area contributed by atoms with Crippen molar-refractivity contribution in [2.45, 2.75) is 30.7 Å². The fourth-order valence-corrected chi connectivity index (χ4v) is 3.68. The number of rotatable bonds is 4. The molecule has 26 heavy (non-hydrogen) atoms. The number of halogens is 1. The van der Waals surface area contributed by atoms with Gasteiger partial charge in [0.1, 0.15) is 11.9 Å². The van der Waals surface area contributed by atoms with E-state index in [4.69, 9.17) is 5.73 Å². The van der Waals surface area contributed by atoms with Crippen LogP contribution in [0.5, 0.6) is 0 Å². The average molecular weight is 354 g/mol. The summed E-state index contributed by atoms with van der Waals surface area (Å²) < 4.78 is 19.1. The van der Waals surface area contributed by atoms with Crippen molar-refractivity contribution in [1.82, 2.24) is 0 Å². The molecule has 5 nitrogen and oxygen atoms in total. The lowest BCUT2D eigenvalue weighted by molar-refractivity contribution is -0.142. The summed E-state index contributed by atoms with van der Waals surface area (Å²) in [6, 6.07) is 11.2. The number of esters is 1. The van der Waals surface area contributed by atoms with Crippen LogP contribution in [-0.4, -0.2) is 25.0 Å². The molecule has 0 saturated heterocycles. The summed E-state index contributed by atoms with van der Waals surface area (Å²) in [5.41, 5.74) is 7.81. The summed E-state index contributed by atoms with van der Waals surface area (Å²) in [6.45, 7) is 0. The molecule has 1 amide bonds. The Morgan fingerprint density at radius 2 is 1.96 bits per heavy atom. The van der Waals surface area contributed by atoms with E-state index in [0.29, 0.717) is 17.8 Å². The van der Waals surface area contributed by atoms with Crippen LogP contribution in [0.2, 0.25) is 0 Å². The van der Waals surface area contributed by atoms with Gasteiger partial charge < -0.3 is 10.5 Å². The van der Waals surface area contributed by atoms with Crippen molar-refractivity contribution in [2.75, 3.05) is 12.0 Å². The molecule has 1 saturated carbocycles. The van der Waals surface area contributed by atoms with E-state index >= 15 is 0 Å². The van der Waals surface area contributed by atoms with Gasteiger partial charge in [-0.2, -0.15) is 0 Å². The first-order chi connectivity index (χ1) is 12.5. The Balaban J connectivity index is 1.65. The summed E-state index contributed by atoms with van der Waals surface area (Å²) in [5, 5.41) is 0. The first kappa shape index (κ1) is 16.7. The van der Waals surface area contributed by atoms with Gasteiger partial charge in [0.25, 0.3) is 0 Å². The van der Waals surface area contributed by atoms with Crippen molar-refractivity contribution in [1.29, 1.82) is 0 Å². The molecule has 1 aliphatic carbocycles. The number of carbonyl (C=O) groups is 2. The molecule has 1 fully saturated rings. The fraction of sp³-hybridized carbons (Fsp3) is 0.300. The van der Waals surface area contributed by atoms with Gasteiger partial charge in [-0.15, -0.1) is 0 Å². The molecule has 2 aromatic rings. The SMILES string of the molecule is COC(=O)[C@@H](N)Cc1ccc(N2C(=O)C3(CC3)c3cccc(F)c32)cc1. The minimum Gasteiger partial charge on any atom is -0.468 e. The van der Waals surface area contributed by atoms with E-state index in [1.165, 1.54) is 18.1 Å². The Morgan fingerprint density at radius 1 is 1.27 bits per heavy atom. The minimum absolute atomic E-state index is 0.0726. The zero-order valence-electron chi connectivity index (χ0n) is 14.4. The second-order valence-electron chi connectivity index (χ2n) is 6.86. The summed E-state index contributed by atoms with van der Waals surface area (Å²) in [5.74, 6) is -0.941. The maximum absolute atomic E-state index is 14.5. The van der Waals surface area contributed by atoms with E-state index in [9.17, 15) is 14.0 Å². The molecule has 0 bridgehead atoms. The Hall–Kier alpha value is -2.73. The zero-order chi connectivity index (χ0) is 18.5. The molecule has 6 heteroatoms. The van der Waals surface area contributed by atoms with Gasteiger partial charge in [-0.25, -0.2) is 4.39 Å². The van der Waals surface area contributed by atoms with Crippen LogP contribution < -0.4 is 10.6 Å². The van der Waals surface area contributed by atoms with Gasteiger partial charge in [-0.1, -0.05) is 24.3 Å². The van der Waals surface area contributed by atoms with Crippen molar-refractivity contribution in [3.8, 4) is 0 Å². The molecule has 0 aromatic heterocycles. The number of anilines is 2. The molecule has 1 heterocycles. The maximum Gasteiger partial charge on any atom is 0.322 e. The average Bonchev–Trinajstić information content (AvgIpc) is 3.41. The Bertz CT molecular complexity index is 890. The van der Waals surface area contributed by atoms with Crippen LogP contribution in [0.15, 0.2) is 42.5 Å². The summed E-state index contributed by atoms with van der Waals surface area (Å²) >= 11 is 0. The van der Waals surface area contributed by atoms with Crippen LogP contribution in [0, 0.1) is 5.82 Å². The molecular formula is C20H19FN2O3. The molecule has 2 N–H and O–H groups in total. The van der Waals surface area contributed by atoms with Gasteiger partial charge in [0.15, 0.2) is 0 Å². The second-order valence-corrected chi connectivity index (χ2v) is 6.86. The normalized spacial score (nSPS) is 18.0. The molecule has 134 valence electrons. The number of benzene rings is 2. The quantitative estimate of drug-likeness (QED) is 0.857. The molecule has 0 radical (unpaired) electrons. The number of carbonyl (C=O) groups excluding carboxylic acids is 2. The van der Waals surface area contributed by atoms with E-state index in [0.717, 1.165) is 24.0 Å². The first-order valence-electron chi connectivity index (χ1n) is 8.54. The van der Waals surface area contributed by atoms with Crippen molar-refractivity contribution in [3.05, 3.63) is 59.4 Å². The largest absolute Gasteiger partial charge is 0.468 e. The summed E-state index contributed by atoms with van der Waals surface area (Å²) in [6.07, 6.45) is 1.84. The standard InChI is InChI=1S/C20H19FN2O3/c1-26-18(24)16(22)11-12-5-7-13(8-6-12)23-17-14(3-2-4-15(17)21)20(9-10-20)19(23)25/h2-8,16H,9-11,22H2,1H3/t16-/m0/s1. The van der Waals surface area contributed by atoms with E-state index in [2.05, 4.69) is 4.74 Å². The van der Waals surface area contributed by atoms with E-state index < -0.39 is 23.2 Å². The highest BCUT2D eigenvalue weighted by Gasteiger charge is 2.60. The van der Waals surface area contributed by atoms with Crippen LogP contribution in [-0.2, 0) is 26.2 Å². The monoisotopic (exact) mass is 354 g/mol. The highest BCUT2D eigenvalue weighted by molar-refractivity contribution is 6.14. The molecule has 1 spiro atoms. The highest BCUT2D eigenvalue weighted by Crippen LogP contribution is 2.59. The Labute approximate surface area is 150 Å². The van der Waals surface area contributed by atoms with Crippen LogP contribution in [0.25, 0.3) is 0 Å². The number of nitrogens with zero attached hydrogens (tertiary/aromatic N) is 1. The van der Waals surface area contributed by atoms with Crippen molar-refractivity contribution < 1.29 is 18.7 Å². The fourth-order valence-electron chi connectivity index (χ4n) is 3.68. The highest BCUT2D eigenvalue weighted by atomic mass is 19.1. The molecule has 0 unspecified atom stereocenters. The van der Waals surface area contributed by atoms with Gasteiger partial charge >= 0.3 is 5.97 Å². The van der Waals surface area contributed by atoms with Crippen LogP contribution >= 0.6 is 0 Å². The topological polar surface area (TPSA) is 72.6 Å². The zero-order valence-corrected chi connectivity index (χ0v) is 14.4. The number of fused-ring (bicyclic) bond motifs is 2. The van der Waals surface area contributed by atoms with Gasteiger partial charge in [0.05, 0.1) is 18.2 Å². The van der Waals surface area contributed by atoms with E-state index in [-0.39, 0.29) is 5.91 Å². The third-order valence-corrected chi connectivity index (χ3v) is 5.24. The van der Waals surface area contributed by atoms with Crippen molar-refractivity contribution in [3.63, 3.8) is 0 Å². The van der Waals surface area contributed by atoms with Crippen molar-refractivity contribution in [2.24, 2.45) is 5.73 Å². The van der Waals surface area contributed by atoms with Crippen LogP contribution in [0.1, 0.15) is 24.0 Å². The van der Waals surface area contributed by atoms with Gasteiger partial charge in [0, 0.05) is 5.69 Å². The van der Waals surface area contributed by atoms with Gasteiger partial charge in [0.2, 0.25) is 5.91 Å². The minimum atomic E-state index is -0.743. The predicted octanol–water partition coefficient (Wildman–Crippen LogP) is 2.58. The van der Waals surface area contributed by atoms with Crippen LogP contribution in [0.4, 0.5) is 15.8 Å². The first-order valence-corrected chi connectivity index (χ1v) is 8.54. The smallest absolute Gasteiger partial charge is 0.322 e. The molecule has 2 aliphatic rings. The summed E-state index contributed by atoms with van der Waals surface area (Å²) in [7, 11) is 1.30. The number of hydrogen-bond donors (Lipinski definition) is 1. The lowest BCUT2D eigenvalue weighted by Crippen LogP contribution is -2.33. The Kier molecular flexibility index (Phi) is 3.80. The lowest BCUT2D eigenvalue weighted by atomic mass is 9.98. The predicted molar refractivity (Wildman–Crippen MR) is 94.6 cm³/mol. The molecule has 1 atom stereocenters. The number of hydrogen-bond acceptors (Lipinski definition) is 4. The number of para-hydroxylation sites is 1. The molecule has 2 aromatic carbocycles. The maximum atomic E-state index is 14.5. The third-order valence-electron chi connectivity index (χ3n) is 5.24. The van der Waals surface area contributed by atoms with Crippen molar-refractivity contribution >= 4 is 23.3 Å². The van der Waals surface area contributed by atoms with Crippen LogP contribution in [0.3, 0.4) is 0 Å². The molecule has 1 aliphatic heterocycles. The lowest BCUT2D eigenvalue weighted by Gasteiger charge is -2.19. The Morgan fingerprint density at radius 3 is 2.58 bits per heavy atom. The number of amides is 1. The number of nitrogens with two attached hydrogens (primary N) is 1. The number of ether oxygens (including phenoxy) is 1. The molecule has 4 rings (SSSR count). The molecular weight excluding hydrogens is 335 g/mol. The summed E-state index contributed by atoms with van der Waals surface area (Å²) in [4.78, 5) is 25.9. The van der Waals surface area contributed by atoms with Gasteiger partial charge in [-0.3, -0.25) is 14.5 Å². The van der Waals surface area contributed by atoms with E-state index in [1.807, 2.05) is 6.07 Å².